The van der Waals surface area contributed by atoms with Crippen molar-refractivity contribution >= 4 is 11.3 Å². The molecule has 2 aromatic rings. The molecule has 1 aromatic heterocycles. The van der Waals surface area contributed by atoms with E-state index < -0.39 is 0 Å². The van der Waals surface area contributed by atoms with E-state index in [0.717, 1.165) is 24.8 Å². The molecule has 1 aliphatic rings. The van der Waals surface area contributed by atoms with Crippen LogP contribution < -0.4 is 5.32 Å². The molecular formula is C13H14N2OS. The van der Waals surface area contributed by atoms with E-state index >= 15 is 0 Å². The first-order valence-electron chi connectivity index (χ1n) is 5.71. The molecule has 1 aromatic carbocycles. The van der Waals surface area contributed by atoms with Gasteiger partial charge in [0.25, 0.3) is 0 Å². The molecule has 0 spiro atoms. The quantitative estimate of drug-likeness (QED) is 0.903. The Hall–Kier alpha value is -1.23. The van der Waals surface area contributed by atoms with Gasteiger partial charge in [0.15, 0.2) is 0 Å². The van der Waals surface area contributed by atoms with Crippen LogP contribution in [0.3, 0.4) is 0 Å². The number of nitrogens with zero attached hydrogens (tertiary/aromatic N) is 1. The smallest absolute Gasteiger partial charge is 0.106 e. The van der Waals surface area contributed by atoms with E-state index in [0.29, 0.717) is 0 Å². The Morgan fingerprint density at radius 1 is 1.41 bits per heavy atom. The molecule has 0 saturated carbocycles. The number of thiazole rings is 1. The zero-order valence-corrected chi connectivity index (χ0v) is 10.2. The van der Waals surface area contributed by atoms with Gasteiger partial charge >= 0.3 is 0 Å². The molecule has 0 amide bonds. The molecule has 0 bridgehead atoms. The first-order valence-corrected chi connectivity index (χ1v) is 6.59. The highest BCUT2D eigenvalue weighted by Gasteiger charge is 2.19. The summed E-state index contributed by atoms with van der Waals surface area (Å²) in [6.07, 6.45) is 1.84. The second-order valence-corrected chi connectivity index (χ2v) is 5.05. The van der Waals surface area contributed by atoms with E-state index in [1.54, 1.807) is 11.3 Å². The van der Waals surface area contributed by atoms with Crippen LogP contribution in [0.4, 0.5) is 0 Å². The number of fused-ring (bicyclic) bond motifs is 1. The Kier molecular flexibility index (Phi) is 3.18. The fourth-order valence-corrected chi connectivity index (χ4v) is 2.67. The summed E-state index contributed by atoms with van der Waals surface area (Å²) in [5.41, 5.74) is 2.64. The fraction of sp³-hybridized carbons (Fsp3) is 0.308. The Bertz CT molecular complexity index is 484. The van der Waals surface area contributed by atoms with Gasteiger partial charge in [0.2, 0.25) is 0 Å². The van der Waals surface area contributed by atoms with Crippen LogP contribution in [0.2, 0.25) is 0 Å². The molecule has 2 heterocycles. The highest BCUT2D eigenvalue weighted by molar-refractivity contribution is 7.09. The standard InChI is InChI=1S/C13H14N2OS/c1-2-4-11-10(3-1)8-16-9-12(11)15-7-13-14-5-6-17-13/h1-6,12,15H,7-9H2. The van der Waals surface area contributed by atoms with Gasteiger partial charge in [-0.05, 0) is 11.1 Å². The van der Waals surface area contributed by atoms with Crippen LogP contribution in [0.25, 0.3) is 0 Å². The van der Waals surface area contributed by atoms with Gasteiger partial charge in [-0.3, -0.25) is 0 Å². The van der Waals surface area contributed by atoms with Gasteiger partial charge in [-0.1, -0.05) is 24.3 Å². The Morgan fingerprint density at radius 2 is 2.35 bits per heavy atom. The lowest BCUT2D eigenvalue weighted by Gasteiger charge is -2.26. The molecule has 3 nitrogen and oxygen atoms in total. The fourth-order valence-electron chi connectivity index (χ4n) is 2.10. The molecule has 17 heavy (non-hydrogen) atoms. The Labute approximate surface area is 104 Å². The Balaban J connectivity index is 1.72. The van der Waals surface area contributed by atoms with Crippen LogP contribution in [0.15, 0.2) is 35.8 Å². The molecule has 0 fully saturated rings. The van der Waals surface area contributed by atoms with Gasteiger partial charge in [-0.25, -0.2) is 4.98 Å². The normalized spacial score (nSPS) is 18.9. The van der Waals surface area contributed by atoms with E-state index in [9.17, 15) is 0 Å². The molecule has 1 N–H and O–H groups in total. The number of hydrogen-bond donors (Lipinski definition) is 1. The number of benzene rings is 1. The molecule has 3 rings (SSSR count). The summed E-state index contributed by atoms with van der Waals surface area (Å²) in [6, 6.07) is 8.74. The second kappa shape index (κ2) is 4.96. The van der Waals surface area contributed by atoms with Crippen molar-refractivity contribution in [1.29, 1.82) is 0 Å². The highest BCUT2D eigenvalue weighted by atomic mass is 32.1. The van der Waals surface area contributed by atoms with Crippen molar-refractivity contribution in [2.45, 2.75) is 19.2 Å². The SMILES string of the molecule is c1ccc2c(c1)COCC2NCc1nccs1. The van der Waals surface area contributed by atoms with Gasteiger partial charge in [0.1, 0.15) is 5.01 Å². The monoisotopic (exact) mass is 246 g/mol. The third-order valence-corrected chi connectivity index (χ3v) is 3.74. The minimum atomic E-state index is 0.281. The van der Waals surface area contributed by atoms with Crippen LogP contribution in [-0.2, 0) is 17.9 Å². The van der Waals surface area contributed by atoms with Crippen molar-refractivity contribution in [2.24, 2.45) is 0 Å². The maximum Gasteiger partial charge on any atom is 0.106 e. The lowest BCUT2D eigenvalue weighted by molar-refractivity contribution is 0.0817. The lowest BCUT2D eigenvalue weighted by atomic mass is 9.99. The van der Waals surface area contributed by atoms with Gasteiger partial charge in [-0.2, -0.15) is 0 Å². The first-order chi connectivity index (χ1) is 8.43. The maximum atomic E-state index is 5.60. The largest absolute Gasteiger partial charge is 0.375 e. The number of hydrogen-bond acceptors (Lipinski definition) is 4. The van der Waals surface area contributed by atoms with Crippen molar-refractivity contribution in [3.63, 3.8) is 0 Å². The number of ether oxygens (including phenoxy) is 1. The first kappa shape index (κ1) is 10.9. The minimum absolute atomic E-state index is 0.281. The summed E-state index contributed by atoms with van der Waals surface area (Å²) in [5.74, 6) is 0. The van der Waals surface area contributed by atoms with E-state index in [-0.39, 0.29) is 6.04 Å². The van der Waals surface area contributed by atoms with E-state index in [1.807, 2.05) is 11.6 Å². The molecule has 0 saturated heterocycles. The zero-order valence-electron chi connectivity index (χ0n) is 9.43. The van der Waals surface area contributed by atoms with Crippen LogP contribution in [-0.4, -0.2) is 11.6 Å². The van der Waals surface area contributed by atoms with Gasteiger partial charge in [-0.15, -0.1) is 11.3 Å². The Morgan fingerprint density at radius 3 is 3.24 bits per heavy atom. The molecule has 0 aliphatic carbocycles. The van der Waals surface area contributed by atoms with E-state index in [2.05, 4.69) is 34.6 Å². The van der Waals surface area contributed by atoms with E-state index in [4.69, 9.17) is 4.74 Å². The summed E-state index contributed by atoms with van der Waals surface area (Å²) in [5, 5.41) is 6.62. The van der Waals surface area contributed by atoms with Crippen LogP contribution in [0.5, 0.6) is 0 Å². The van der Waals surface area contributed by atoms with Crippen LogP contribution in [0.1, 0.15) is 22.2 Å². The lowest BCUT2D eigenvalue weighted by Crippen LogP contribution is -2.29. The summed E-state index contributed by atoms with van der Waals surface area (Å²) in [6.45, 7) is 2.27. The van der Waals surface area contributed by atoms with Crippen molar-refractivity contribution in [3.05, 3.63) is 52.0 Å². The summed E-state index contributed by atoms with van der Waals surface area (Å²) in [7, 11) is 0. The average molecular weight is 246 g/mol. The van der Waals surface area contributed by atoms with Crippen molar-refractivity contribution in [3.8, 4) is 0 Å². The topological polar surface area (TPSA) is 34.1 Å². The third-order valence-electron chi connectivity index (χ3n) is 2.96. The van der Waals surface area contributed by atoms with Crippen molar-refractivity contribution < 1.29 is 4.74 Å². The van der Waals surface area contributed by atoms with E-state index in [1.165, 1.54) is 11.1 Å². The third kappa shape index (κ3) is 2.39. The highest BCUT2D eigenvalue weighted by Crippen LogP contribution is 2.24. The molecule has 88 valence electrons. The summed E-state index contributed by atoms with van der Waals surface area (Å²) < 4.78 is 5.60. The minimum Gasteiger partial charge on any atom is -0.375 e. The summed E-state index contributed by atoms with van der Waals surface area (Å²) >= 11 is 1.68. The zero-order chi connectivity index (χ0) is 11.5. The molecule has 1 atom stereocenters. The van der Waals surface area contributed by atoms with Gasteiger partial charge in [0, 0.05) is 18.1 Å². The average Bonchev–Trinajstić information content (AvgIpc) is 2.89. The maximum absolute atomic E-state index is 5.60. The van der Waals surface area contributed by atoms with Gasteiger partial charge < -0.3 is 10.1 Å². The summed E-state index contributed by atoms with van der Waals surface area (Å²) in [4.78, 5) is 4.27. The predicted molar refractivity (Wildman–Crippen MR) is 67.8 cm³/mol. The number of nitrogens with one attached hydrogen (secondary N) is 1. The van der Waals surface area contributed by atoms with Gasteiger partial charge in [0.05, 0.1) is 19.3 Å². The predicted octanol–water partition coefficient (Wildman–Crippen LogP) is 2.50. The van der Waals surface area contributed by atoms with Crippen molar-refractivity contribution in [2.75, 3.05) is 6.61 Å². The second-order valence-electron chi connectivity index (χ2n) is 4.07. The van der Waals surface area contributed by atoms with Crippen molar-refractivity contribution in [1.82, 2.24) is 10.3 Å². The molecule has 1 unspecified atom stereocenters. The number of aromatic nitrogens is 1. The molecule has 0 radical (unpaired) electrons. The van der Waals surface area contributed by atoms with Crippen LogP contribution in [0, 0.1) is 0 Å². The van der Waals surface area contributed by atoms with Crippen LogP contribution >= 0.6 is 11.3 Å². The number of rotatable bonds is 3. The molecular weight excluding hydrogens is 232 g/mol. The molecule has 4 heteroatoms. The molecule has 1 aliphatic heterocycles.